The standard InChI is InChI=1S/C16H26N2/c1-13-6-7-15(11-14(13)2)12-18(3)16-5-4-9-17-10-8-16/h6-7,11,16-17H,4-5,8-10,12H2,1-3H3. The van der Waals surface area contributed by atoms with Crippen molar-refractivity contribution < 1.29 is 0 Å². The first-order valence-electron chi connectivity index (χ1n) is 7.14. The van der Waals surface area contributed by atoms with Gasteiger partial charge in [0.2, 0.25) is 0 Å². The third-order valence-electron chi connectivity index (χ3n) is 4.17. The molecular formula is C16H26N2. The molecular weight excluding hydrogens is 220 g/mol. The number of nitrogens with one attached hydrogen (secondary N) is 1. The number of benzene rings is 1. The second-order valence-electron chi connectivity index (χ2n) is 5.67. The summed E-state index contributed by atoms with van der Waals surface area (Å²) in [5.74, 6) is 0. The fourth-order valence-corrected chi connectivity index (χ4v) is 2.76. The second kappa shape index (κ2) is 6.35. The molecule has 1 unspecified atom stereocenters. The first kappa shape index (κ1) is 13.6. The van der Waals surface area contributed by atoms with Gasteiger partial charge in [-0.3, -0.25) is 4.90 Å². The monoisotopic (exact) mass is 246 g/mol. The van der Waals surface area contributed by atoms with Crippen molar-refractivity contribution in [3.63, 3.8) is 0 Å². The summed E-state index contributed by atoms with van der Waals surface area (Å²) in [5, 5.41) is 3.49. The van der Waals surface area contributed by atoms with Crippen molar-refractivity contribution in [2.75, 3.05) is 20.1 Å². The lowest BCUT2D eigenvalue weighted by atomic mass is 10.0. The van der Waals surface area contributed by atoms with Gasteiger partial charge in [0, 0.05) is 12.6 Å². The van der Waals surface area contributed by atoms with Gasteiger partial charge in [-0.25, -0.2) is 0 Å². The van der Waals surface area contributed by atoms with E-state index >= 15 is 0 Å². The number of nitrogens with zero attached hydrogens (tertiary/aromatic N) is 1. The Kier molecular flexibility index (Phi) is 4.79. The first-order valence-corrected chi connectivity index (χ1v) is 7.14. The Bertz CT molecular complexity index is 379. The minimum absolute atomic E-state index is 0.738. The van der Waals surface area contributed by atoms with Gasteiger partial charge in [-0.1, -0.05) is 18.2 Å². The molecule has 1 heterocycles. The topological polar surface area (TPSA) is 15.3 Å². The van der Waals surface area contributed by atoms with Gasteiger partial charge in [0.05, 0.1) is 0 Å². The van der Waals surface area contributed by atoms with Gasteiger partial charge < -0.3 is 5.32 Å². The van der Waals surface area contributed by atoms with Gasteiger partial charge in [0.25, 0.3) is 0 Å². The van der Waals surface area contributed by atoms with Crippen molar-refractivity contribution in [3.8, 4) is 0 Å². The maximum absolute atomic E-state index is 3.49. The molecule has 1 N–H and O–H groups in total. The van der Waals surface area contributed by atoms with Gasteiger partial charge in [-0.05, 0) is 69.9 Å². The molecule has 0 spiro atoms. The minimum atomic E-state index is 0.738. The van der Waals surface area contributed by atoms with Crippen molar-refractivity contribution in [1.82, 2.24) is 10.2 Å². The number of aryl methyl sites for hydroxylation is 2. The highest BCUT2D eigenvalue weighted by atomic mass is 15.1. The van der Waals surface area contributed by atoms with Gasteiger partial charge in [0.15, 0.2) is 0 Å². The molecule has 1 aromatic carbocycles. The molecule has 0 bridgehead atoms. The normalized spacial score (nSPS) is 21.0. The Morgan fingerprint density at radius 2 is 2.00 bits per heavy atom. The summed E-state index contributed by atoms with van der Waals surface area (Å²) in [6, 6.07) is 7.59. The minimum Gasteiger partial charge on any atom is -0.317 e. The SMILES string of the molecule is Cc1ccc(CN(C)C2CCCNCC2)cc1C. The number of hydrogen-bond donors (Lipinski definition) is 1. The van der Waals surface area contributed by atoms with E-state index in [-0.39, 0.29) is 0 Å². The highest BCUT2D eigenvalue weighted by Gasteiger charge is 2.16. The van der Waals surface area contributed by atoms with E-state index in [0.717, 1.165) is 12.6 Å². The lowest BCUT2D eigenvalue weighted by Gasteiger charge is -2.27. The summed E-state index contributed by atoms with van der Waals surface area (Å²) in [7, 11) is 2.27. The van der Waals surface area contributed by atoms with Gasteiger partial charge in [-0.2, -0.15) is 0 Å². The molecule has 0 saturated carbocycles. The van der Waals surface area contributed by atoms with Gasteiger partial charge in [0.1, 0.15) is 0 Å². The lowest BCUT2D eigenvalue weighted by molar-refractivity contribution is 0.216. The molecule has 0 radical (unpaired) electrons. The molecule has 1 aromatic rings. The highest BCUT2D eigenvalue weighted by molar-refractivity contribution is 5.29. The van der Waals surface area contributed by atoms with Crippen LogP contribution >= 0.6 is 0 Å². The summed E-state index contributed by atoms with van der Waals surface area (Å²) in [6.45, 7) is 7.82. The zero-order valence-electron chi connectivity index (χ0n) is 12.0. The maximum atomic E-state index is 3.49. The van der Waals surface area contributed by atoms with Crippen LogP contribution in [0.15, 0.2) is 18.2 Å². The molecule has 0 amide bonds. The van der Waals surface area contributed by atoms with E-state index in [2.05, 4.69) is 49.3 Å². The average molecular weight is 246 g/mol. The largest absolute Gasteiger partial charge is 0.317 e. The maximum Gasteiger partial charge on any atom is 0.0233 e. The summed E-state index contributed by atoms with van der Waals surface area (Å²) in [6.07, 6.45) is 3.91. The van der Waals surface area contributed by atoms with Crippen LogP contribution in [-0.4, -0.2) is 31.1 Å². The van der Waals surface area contributed by atoms with E-state index in [1.807, 2.05) is 0 Å². The smallest absolute Gasteiger partial charge is 0.0233 e. The molecule has 100 valence electrons. The zero-order valence-corrected chi connectivity index (χ0v) is 12.0. The van der Waals surface area contributed by atoms with E-state index in [1.54, 1.807) is 0 Å². The quantitative estimate of drug-likeness (QED) is 0.882. The Hall–Kier alpha value is -0.860. The summed E-state index contributed by atoms with van der Waals surface area (Å²) in [4.78, 5) is 2.52. The summed E-state index contributed by atoms with van der Waals surface area (Å²) >= 11 is 0. The number of hydrogen-bond acceptors (Lipinski definition) is 2. The van der Waals surface area contributed by atoms with Crippen LogP contribution in [0.5, 0.6) is 0 Å². The fraction of sp³-hybridized carbons (Fsp3) is 0.625. The van der Waals surface area contributed by atoms with Crippen LogP contribution in [-0.2, 0) is 6.54 Å². The van der Waals surface area contributed by atoms with Crippen LogP contribution in [0.2, 0.25) is 0 Å². The van der Waals surface area contributed by atoms with Crippen molar-refractivity contribution in [3.05, 3.63) is 34.9 Å². The van der Waals surface area contributed by atoms with E-state index in [9.17, 15) is 0 Å². The zero-order chi connectivity index (χ0) is 13.0. The Morgan fingerprint density at radius 1 is 1.17 bits per heavy atom. The van der Waals surface area contributed by atoms with Crippen LogP contribution in [0.25, 0.3) is 0 Å². The van der Waals surface area contributed by atoms with Crippen molar-refractivity contribution in [1.29, 1.82) is 0 Å². The third-order valence-corrected chi connectivity index (χ3v) is 4.17. The molecule has 1 fully saturated rings. The molecule has 1 aliphatic rings. The molecule has 0 aliphatic carbocycles. The summed E-state index contributed by atoms with van der Waals surface area (Å²) in [5.41, 5.74) is 4.24. The lowest BCUT2D eigenvalue weighted by Crippen LogP contribution is -2.32. The molecule has 1 aliphatic heterocycles. The summed E-state index contributed by atoms with van der Waals surface area (Å²) < 4.78 is 0. The predicted molar refractivity (Wildman–Crippen MR) is 77.9 cm³/mol. The molecule has 1 atom stereocenters. The van der Waals surface area contributed by atoms with E-state index in [4.69, 9.17) is 0 Å². The Labute approximate surface area is 111 Å². The molecule has 2 nitrogen and oxygen atoms in total. The highest BCUT2D eigenvalue weighted by Crippen LogP contribution is 2.16. The Morgan fingerprint density at radius 3 is 2.78 bits per heavy atom. The van der Waals surface area contributed by atoms with Crippen LogP contribution in [0.3, 0.4) is 0 Å². The van der Waals surface area contributed by atoms with Crippen molar-refractivity contribution >= 4 is 0 Å². The van der Waals surface area contributed by atoms with Crippen LogP contribution in [0.4, 0.5) is 0 Å². The van der Waals surface area contributed by atoms with Crippen LogP contribution in [0, 0.1) is 13.8 Å². The average Bonchev–Trinajstić information content (AvgIpc) is 2.62. The van der Waals surface area contributed by atoms with Gasteiger partial charge in [-0.15, -0.1) is 0 Å². The molecule has 2 heteroatoms. The predicted octanol–water partition coefficient (Wildman–Crippen LogP) is 2.88. The molecule has 0 aromatic heterocycles. The second-order valence-corrected chi connectivity index (χ2v) is 5.67. The molecule has 1 saturated heterocycles. The molecule has 2 rings (SSSR count). The van der Waals surface area contributed by atoms with Crippen LogP contribution < -0.4 is 5.32 Å². The van der Waals surface area contributed by atoms with Crippen molar-refractivity contribution in [2.24, 2.45) is 0 Å². The van der Waals surface area contributed by atoms with E-state index < -0.39 is 0 Å². The number of rotatable bonds is 3. The first-order chi connectivity index (χ1) is 8.66. The Balaban J connectivity index is 1.96. The van der Waals surface area contributed by atoms with E-state index in [1.165, 1.54) is 49.0 Å². The van der Waals surface area contributed by atoms with Crippen molar-refractivity contribution in [2.45, 2.75) is 45.7 Å². The van der Waals surface area contributed by atoms with Crippen LogP contribution in [0.1, 0.15) is 36.0 Å². The molecule has 18 heavy (non-hydrogen) atoms. The third kappa shape index (κ3) is 3.56. The van der Waals surface area contributed by atoms with Gasteiger partial charge >= 0.3 is 0 Å². The van der Waals surface area contributed by atoms with E-state index in [0.29, 0.717) is 0 Å². The fourth-order valence-electron chi connectivity index (χ4n) is 2.76.